The lowest BCUT2D eigenvalue weighted by Crippen LogP contribution is -2.33. The molecule has 0 aliphatic carbocycles. The van der Waals surface area contributed by atoms with Crippen LogP contribution >= 0.6 is 0 Å². The number of anilines is 1. The molecule has 1 atom stereocenters. The quantitative estimate of drug-likeness (QED) is 0.822. The molecule has 1 aliphatic rings. The summed E-state index contributed by atoms with van der Waals surface area (Å²) in [7, 11) is 0. The van der Waals surface area contributed by atoms with Gasteiger partial charge in [0, 0.05) is 18.3 Å². The predicted octanol–water partition coefficient (Wildman–Crippen LogP) is 1.93. The van der Waals surface area contributed by atoms with Crippen LogP contribution in [0.3, 0.4) is 0 Å². The number of hydrogen-bond donors (Lipinski definition) is 1. The Hall–Kier alpha value is -1.09. The normalized spacial score (nSPS) is 16.6. The van der Waals surface area contributed by atoms with Crippen molar-refractivity contribution in [2.75, 3.05) is 18.0 Å². The molecule has 0 radical (unpaired) electrons. The van der Waals surface area contributed by atoms with E-state index in [1.807, 2.05) is 6.07 Å². The number of benzene rings is 1. The van der Waals surface area contributed by atoms with Gasteiger partial charge in [-0.2, -0.15) is 0 Å². The first-order valence-electron chi connectivity index (χ1n) is 5.47. The van der Waals surface area contributed by atoms with Gasteiger partial charge in [0.05, 0.1) is 0 Å². The van der Waals surface area contributed by atoms with Crippen LogP contribution in [-0.2, 0) is 6.42 Å². The van der Waals surface area contributed by atoms with E-state index in [1.54, 1.807) is 6.07 Å². The van der Waals surface area contributed by atoms with Crippen LogP contribution in [0.1, 0.15) is 18.9 Å². The third-order valence-corrected chi connectivity index (χ3v) is 3.10. The topological polar surface area (TPSA) is 29.3 Å². The van der Waals surface area contributed by atoms with Gasteiger partial charge in [-0.05, 0) is 44.0 Å². The maximum Gasteiger partial charge on any atom is 0.125 e. The number of fused-ring (bicyclic) bond motifs is 1. The third kappa shape index (κ3) is 1.97. The maximum atomic E-state index is 13.1. The van der Waals surface area contributed by atoms with E-state index >= 15 is 0 Å². The highest BCUT2D eigenvalue weighted by Gasteiger charge is 2.23. The van der Waals surface area contributed by atoms with Crippen LogP contribution in [0.5, 0.6) is 0 Å². The smallest absolute Gasteiger partial charge is 0.125 e. The summed E-state index contributed by atoms with van der Waals surface area (Å²) in [5.74, 6) is -0.152. The van der Waals surface area contributed by atoms with Crippen molar-refractivity contribution < 1.29 is 4.39 Å². The van der Waals surface area contributed by atoms with Gasteiger partial charge >= 0.3 is 0 Å². The molecule has 15 heavy (non-hydrogen) atoms. The maximum absolute atomic E-state index is 13.1. The van der Waals surface area contributed by atoms with Gasteiger partial charge in [0.25, 0.3) is 0 Å². The van der Waals surface area contributed by atoms with E-state index in [4.69, 9.17) is 5.73 Å². The van der Waals surface area contributed by atoms with Crippen molar-refractivity contribution in [3.8, 4) is 0 Å². The Morgan fingerprint density at radius 1 is 1.53 bits per heavy atom. The Morgan fingerprint density at radius 3 is 3.07 bits per heavy atom. The highest BCUT2D eigenvalue weighted by molar-refractivity contribution is 5.58. The fraction of sp³-hybridized carbons (Fsp3) is 0.500. The van der Waals surface area contributed by atoms with E-state index < -0.39 is 0 Å². The monoisotopic (exact) mass is 208 g/mol. The van der Waals surface area contributed by atoms with Crippen molar-refractivity contribution in [3.05, 3.63) is 29.6 Å². The molecule has 3 heteroatoms. The second-order valence-corrected chi connectivity index (χ2v) is 4.14. The zero-order chi connectivity index (χ0) is 10.8. The average Bonchev–Trinajstić information content (AvgIpc) is 2.60. The number of rotatable bonds is 3. The largest absolute Gasteiger partial charge is 0.368 e. The highest BCUT2D eigenvalue weighted by atomic mass is 19.1. The van der Waals surface area contributed by atoms with Crippen molar-refractivity contribution in [1.82, 2.24) is 0 Å². The molecule has 0 spiro atoms. The van der Waals surface area contributed by atoms with E-state index in [9.17, 15) is 4.39 Å². The summed E-state index contributed by atoms with van der Waals surface area (Å²) in [5, 5.41) is 0. The molecule has 0 amide bonds. The highest BCUT2D eigenvalue weighted by Crippen LogP contribution is 2.30. The Balaban J connectivity index is 2.23. The van der Waals surface area contributed by atoms with Crippen molar-refractivity contribution in [2.45, 2.75) is 25.8 Å². The minimum Gasteiger partial charge on any atom is -0.368 e. The summed E-state index contributed by atoms with van der Waals surface area (Å²) in [6.45, 7) is 3.81. The van der Waals surface area contributed by atoms with Crippen molar-refractivity contribution in [1.29, 1.82) is 0 Å². The van der Waals surface area contributed by atoms with Crippen LogP contribution in [0.4, 0.5) is 10.1 Å². The standard InChI is InChI=1S/C12H17FN2/c1-9(4-6-14)15-7-5-10-2-3-11(13)8-12(10)15/h2-3,8-9H,4-7,14H2,1H3. The first kappa shape index (κ1) is 10.4. The molecule has 2 N–H and O–H groups in total. The van der Waals surface area contributed by atoms with E-state index in [1.165, 1.54) is 11.6 Å². The molecule has 0 saturated heterocycles. The second kappa shape index (κ2) is 4.19. The molecule has 1 aromatic rings. The van der Waals surface area contributed by atoms with Crippen LogP contribution in [0.2, 0.25) is 0 Å². The van der Waals surface area contributed by atoms with Gasteiger partial charge in [0.1, 0.15) is 5.82 Å². The molecular formula is C12H17FN2. The zero-order valence-corrected chi connectivity index (χ0v) is 9.04. The van der Waals surface area contributed by atoms with Gasteiger partial charge < -0.3 is 10.6 Å². The van der Waals surface area contributed by atoms with Gasteiger partial charge in [0.2, 0.25) is 0 Å². The zero-order valence-electron chi connectivity index (χ0n) is 9.04. The summed E-state index contributed by atoms with van der Waals surface area (Å²) in [5.41, 5.74) is 7.85. The summed E-state index contributed by atoms with van der Waals surface area (Å²) >= 11 is 0. The van der Waals surface area contributed by atoms with Crippen molar-refractivity contribution in [2.24, 2.45) is 5.73 Å². The Bertz CT molecular complexity index is 351. The fourth-order valence-electron chi connectivity index (χ4n) is 2.23. The summed E-state index contributed by atoms with van der Waals surface area (Å²) in [6, 6.07) is 5.46. The lowest BCUT2D eigenvalue weighted by Gasteiger charge is -2.26. The fourth-order valence-corrected chi connectivity index (χ4v) is 2.23. The van der Waals surface area contributed by atoms with Gasteiger partial charge in [-0.25, -0.2) is 4.39 Å². The molecule has 0 saturated carbocycles. The minimum absolute atomic E-state index is 0.152. The van der Waals surface area contributed by atoms with E-state index in [0.29, 0.717) is 12.6 Å². The van der Waals surface area contributed by atoms with E-state index in [0.717, 1.165) is 25.1 Å². The summed E-state index contributed by atoms with van der Waals surface area (Å²) in [4.78, 5) is 2.26. The second-order valence-electron chi connectivity index (χ2n) is 4.14. The van der Waals surface area contributed by atoms with Gasteiger partial charge in [-0.3, -0.25) is 0 Å². The first-order valence-corrected chi connectivity index (χ1v) is 5.47. The first-order chi connectivity index (χ1) is 7.22. The van der Waals surface area contributed by atoms with Crippen LogP contribution < -0.4 is 10.6 Å². The lowest BCUT2D eigenvalue weighted by atomic mass is 10.1. The predicted molar refractivity (Wildman–Crippen MR) is 60.6 cm³/mol. The Morgan fingerprint density at radius 2 is 2.33 bits per heavy atom. The van der Waals surface area contributed by atoms with E-state index in [-0.39, 0.29) is 5.82 Å². The number of nitrogens with zero attached hydrogens (tertiary/aromatic N) is 1. The van der Waals surface area contributed by atoms with Crippen molar-refractivity contribution >= 4 is 5.69 Å². The molecule has 0 aromatic heterocycles. The van der Waals surface area contributed by atoms with Crippen LogP contribution in [-0.4, -0.2) is 19.1 Å². The molecule has 0 bridgehead atoms. The van der Waals surface area contributed by atoms with E-state index in [2.05, 4.69) is 11.8 Å². The molecule has 2 rings (SSSR count). The molecule has 0 fully saturated rings. The van der Waals surface area contributed by atoms with Crippen LogP contribution in [0.25, 0.3) is 0 Å². The third-order valence-electron chi connectivity index (χ3n) is 3.10. The minimum atomic E-state index is -0.152. The molecule has 1 aromatic carbocycles. The number of halogens is 1. The summed E-state index contributed by atoms with van der Waals surface area (Å²) < 4.78 is 13.1. The Kier molecular flexibility index (Phi) is 2.91. The van der Waals surface area contributed by atoms with Gasteiger partial charge in [-0.1, -0.05) is 6.07 Å². The molecule has 2 nitrogen and oxygen atoms in total. The molecule has 1 aliphatic heterocycles. The lowest BCUT2D eigenvalue weighted by molar-refractivity contribution is 0.605. The molecule has 1 unspecified atom stereocenters. The molecule has 1 heterocycles. The van der Waals surface area contributed by atoms with Crippen LogP contribution in [0.15, 0.2) is 18.2 Å². The molecular weight excluding hydrogens is 191 g/mol. The van der Waals surface area contributed by atoms with Gasteiger partial charge in [-0.15, -0.1) is 0 Å². The van der Waals surface area contributed by atoms with Crippen molar-refractivity contribution in [3.63, 3.8) is 0 Å². The van der Waals surface area contributed by atoms with Gasteiger partial charge in [0.15, 0.2) is 0 Å². The van der Waals surface area contributed by atoms with Crippen LogP contribution in [0, 0.1) is 5.82 Å². The number of nitrogens with two attached hydrogens (primary N) is 1. The Labute approximate surface area is 89.9 Å². The molecule has 82 valence electrons. The number of hydrogen-bond acceptors (Lipinski definition) is 2. The average molecular weight is 208 g/mol. The summed E-state index contributed by atoms with van der Waals surface area (Å²) in [6.07, 6.45) is 1.97. The SMILES string of the molecule is CC(CCN)N1CCc2ccc(F)cc21.